The summed E-state index contributed by atoms with van der Waals surface area (Å²) < 4.78 is 42.2. The monoisotopic (exact) mass is 239 g/mol. The third-order valence-corrected chi connectivity index (χ3v) is 1.54. The Balaban J connectivity index is 2.86. The first-order valence-corrected chi connectivity index (χ1v) is 4.22. The first-order chi connectivity index (χ1) is 7.04. The number of amides is 1. The van der Waals surface area contributed by atoms with Crippen LogP contribution in [0.3, 0.4) is 0 Å². The van der Waals surface area contributed by atoms with E-state index >= 15 is 0 Å². The number of rotatable bonds is 2. The maximum absolute atomic E-state index is 12.9. The largest absolute Gasteiger partial charge is 0.433 e. The molecule has 0 saturated carbocycles. The van der Waals surface area contributed by atoms with Crippen LogP contribution in [-0.4, -0.2) is 12.2 Å². The molecule has 0 saturated heterocycles. The molecular formula is C8H5ClF3NO2. The molecule has 0 heterocycles. The smallest absolute Gasteiger partial charge is 0.412 e. The van der Waals surface area contributed by atoms with Gasteiger partial charge in [-0.1, -0.05) is 11.6 Å². The lowest BCUT2D eigenvalue weighted by atomic mass is 10.3. The van der Waals surface area contributed by atoms with Gasteiger partial charge in [-0.05, 0) is 0 Å². The van der Waals surface area contributed by atoms with Gasteiger partial charge < -0.3 is 4.74 Å². The summed E-state index contributed by atoms with van der Waals surface area (Å²) in [4.78, 5) is 10.8. The van der Waals surface area contributed by atoms with Crippen LogP contribution in [0, 0.1) is 17.5 Å². The van der Waals surface area contributed by atoms with E-state index in [9.17, 15) is 18.0 Å². The van der Waals surface area contributed by atoms with Crippen molar-refractivity contribution >= 4 is 23.4 Å². The average molecular weight is 240 g/mol. The highest BCUT2D eigenvalue weighted by molar-refractivity contribution is 6.17. The summed E-state index contributed by atoms with van der Waals surface area (Å²) in [5.74, 6) is -3.73. The van der Waals surface area contributed by atoms with Crippen LogP contribution in [0.5, 0.6) is 0 Å². The summed E-state index contributed by atoms with van der Waals surface area (Å²) in [5.41, 5.74) is -0.524. The fourth-order valence-electron chi connectivity index (χ4n) is 0.814. The molecule has 1 rings (SSSR count). The lowest BCUT2D eigenvalue weighted by Gasteiger charge is -2.05. The molecule has 7 heteroatoms. The zero-order chi connectivity index (χ0) is 11.4. The number of halogens is 4. The Morgan fingerprint density at radius 1 is 1.27 bits per heavy atom. The number of hydrogen-bond acceptors (Lipinski definition) is 2. The van der Waals surface area contributed by atoms with Gasteiger partial charge in [0.05, 0.1) is 5.69 Å². The summed E-state index contributed by atoms with van der Waals surface area (Å²) in [5, 5.41) is 1.85. The van der Waals surface area contributed by atoms with Crippen molar-refractivity contribution in [2.45, 2.75) is 0 Å². The molecule has 0 aliphatic carbocycles. The van der Waals surface area contributed by atoms with Crippen molar-refractivity contribution in [3.63, 3.8) is 0 Å². The molecule has 0 atom stereocenters. The quantitative estimate of drug-likeness (QED) is 0.637. The molecule has 1 aromatic rings. The Bertz CT molecular complexity index is 386. The third-order valence-electron chi connectivity index (χ3n) is 1.43. The molecule has 0 aliphatic rings. The van der Waals surface area contributed by atoms with Gasteiger partial charge in [-0.15, -0.1) is 0 Å². The second kappa shape index (κ2) is 4.88. The molecule has 1 N–H and O–H groups in total. The van der Waals surface area contributed by atoms with Gasteiger partial charge in [0.15, 0.2) is 17.7 Å². The number of anilines is 1. The van der Waals surface area contributed by atoms with Crippen molar-refractivity contribution in [2.75, 3.05) is 11.4 Å². The summed E-state index contributed by atoms with van der Waals surface area (Å²) in [6.45, 7) is 0. The van der Waals surface area contributed by atoms with Crippen molar-refractivity contribution in [1.29, 1.82) is 0 Å². The first kappa shape index (κ1) is 11.6. The zero-order valence-corrected chi connectivity index (χ0v) is 7.95. The summed E-state index contributed by atoms with van der Waals surface area (Å²) in [6.07, 6.45) is -1.06. The van der Waals surface area contributed by atoms with Crippen LogP contribution >= 0.6 is 11.6 Å². The SMILES string of the molecule is O=C(Nc1cc(F)c(F)cc1F)OCCl. The van der Waals surface area contributed by atoms with E-state index in [-0.39, 0.29) is 0 Å². The molecule has 0 aliphatic heterocycles. The second-order valence-corrected chi connectivity index (χ2v) is 2.63. The van der Waals surface area contributed by atoms with Gasteiger partial charge in [-0.2, -0.15) is 0 Å². The molecule has 1 aromatic carbocycles. The second-order valence-electron chi connectivity index (χ2n) is 2.41. The van der Waals surface area contributed by atoms with Crippen LogP contribution in [0.1, 0.15) is 0 Å². The van der Waals surface area contributed by atoms with Crippen LogP contribution in [-0.2, 0) is 4.74 Å². The maximum atomic E-state index is 12.9. The Morgan fingerprint density at radius 3 is 2.47 bits per heavy atom. The number of benzene rings is 1. The fraction of sp³-hybridized carbons (Fsp3) is 0.125. The molecule has 3 nitrogen and oxygen atoms in total. The maximum Gasteiger partial charge on any atom is 0.412 e. The number of carbonyl (C=O) groups excluding carboxylic acids is 1. The Kier molecular flexibility index (Phi) is 3.79. The highest BCUT2D eigenvalue weighted by atomic mass is 35.5. The zero-order valence-electron chi connectivity index (χ0n) is 7.19. The standard InChI is InChI=1S/C8H5ClF3NO2/c9-3-15-8(14)13-7-2-5(11)4(10)1-6(7)12/h1-2H,3H2,(H,13,14). The van der Waals surface area contributed by atoms with E-state index in [1.54, 1.807) is 0 Å². The van der Waals surface area contributed by atoms with Crippen LogP contribution in [0.4, 0.5) is 23.7 Å². The van der Waals surface area contributed by atoms with E-state index in [1.807, 2.05) is 5.32 Å². The number of ether oxygens (including phenoxy) is 1. The lowest BCUT2D eigenvalue weighted by Crippen LogP contribution is -2.14. The van der Waals surface area contributed by atoms with Gasteiger partial charge in [-0.25, -0.2) is 18.0 Å². The van der Waals surface area contributed by atoms with E-state index in [2.05, 4.69) is 4.74 Å². The number of carbonyl (C=O) groups is 1. The minimum Gasteiger partial charge on any atom is -0.433 e. The van der Waals surface area contributed by atoms with Crippen molar-refractivity contribution in [3.05, 3.63) is 29.6 Å². The highest BCUT2D eigenvalue weighted by Crippen LogP contribution is 2.18. The lowest BCUT2D eigenvalue weighted by molar-refractivity contribution is 0.180. The molecule has 0 fully saturated rings. The molecule has 15 heavy (non-hydrogen) atoms. The molecule has 0 spiro atoms. The first-order valence-electron chi connectivity index (χ1n) is 3.69. The Hall–Kier alpha value is -1.43. The van der Waals surface area contributed by atoms with Crippen LogP contribution in [0.25, 0.3) is 0 Å². The number of nitrogens with one attached hydrogen (secondary N) is 1. The summed E-state index contributed by atoms with van der Waals surface area (Å²) in [6, 6.07) is 0.378. The van der Waals surface area contributed by atoms with Gasteiger partial charge in [0.25, 0.3) is 0 Å². The van der Waals surface area contributed by atoms with Crippen LogP contribution in [0.15, 0.2) is 12.1 Å². The van der Waals surface area contributed by atoms with Gasteiger partial charge in [-0.3, -0.25) is 5.32 Å². The van der Waals surface area contributed by atoms with Crippen molar-refractivity contribution in [1.82, 2.24) is 0 Å². The highest BCUT2D eigenvalue weighted by Gasteiger charge is 2.12. The topological polar surface area (TPSA) is 38.3 Å². The predicted octanol–water partition coefficient (Wildman–Crippen LogP) is 2.85. The minimum atomic E-state index is -1.34. The van der Waals surface area contributed by atoms with Crippen molar-refractivity contribution in [3.8, 4) is 0 Å². The van der Waals surface area contributed by atoms with E-state index in [1.165, 1.54) is 0 Å². The number of hydrogen-bond donors (Lipinski definition) is 1. The Labute approximate surface area is 87.8 Å². The van der Waals surface area contributed by atoms with Crippen LogP contribution < -0.4 is 5.32 Å². The molecule has 82 valence electrons. The molecule has 0 radical (unpaired) electrons. The number of alkyl halides is 1. The minimum absolute atomic E-state index is 0.311. The third kappa shape index (κ3) is 3.02. The van der Waals surface area contributed by atoms with Gasteiger partial charge in [0, 0.05) is 12.1 Å². The van der Waals surface area contributed by atoms with Gasteiger partial charge in [0.2, 0.25) is 0 Å². The van der Waals surface area contributed by atoms with E-state index in [0.717, 1.165) is 0 Å². The fourth-order valence-corrected chi connectivity index (χ4v) is 0.913. The molecule has 0 unspecified atom stereocenters. The molecular weight excluding hydrogens is 235 g/mol. The van der Waals surface area contributed by atoms with E-state index < -0.39 is 35.3 Å². The van der Waals surface area contributed by atoms with Gasteiger partial charge in [0.1, 0.15) is 5.82 Å². The normalized spacial score (nSPS) is 9.87. The van der Waals surface area contributed by atoms with E-state index in [4.69, 9.17) is 11.6 Å². The summed E-state index contributed by atoms with van der Waals surface area (Å²) >= 11 is 5.05. The Morgan fingerprint density at radius 2 is 1.87 bits per heavy atom. The summed E-state index contributed by atoms with van der Waals surface area (Å²) in [7, 11) is 0. The molecule has 1 amide bonds. The van der Waals surface area contributed by atoms with Crippen molar-refractivity contribution < 1.29 is 22.7 Å². The van der Waals surface area contributed by atoms with Crippen molar-refractivity contribution in [2.24, 2.45) is 0 Å². The van der Waals surface area contributed by atoms with Crippen LogP contribution in [0.2, 0.25) is 0 Å². The molecule has 0 bridgehead atoms. The average Bonchev–Trinajstić information content (AvgIpc) is 2.14. The predicted molar refractivity (Wildman–Crippen MR) is 47.1 cm³/mol. The van der Waals surface area contributed by atoms with Gasteiger partial charge >= 0.3 is 6.09 Å². The van der Waals surface area contributed by atoms with E-state index in [0.29, 0.717) is 12.1 Å². The molecule has 0 aromatic heterocycles.